The molecular weight excluding hydrogens is 374 g/mol. The molecule has 1 fully saturated rings. The molecule has 6 nitrogen and oxygen atoms in total. The molecule has 2 heterocycles. The summed E-state index contributed by atoms with van der Waals surface area (Å²) in [6.45, 7) is 1.70. The Morgan fingerprint density at radius 1 is 0.857 bits per heavy atom. The molecule has 2 aliphatic heterocycles. The zero-order valence-corrected chi connectivity index (χ0v) is 16.6. The fraction of sp³-hybridized carbons (Fsp3) is 0.381. The summed E-state index contributed by atoms with van der Waals surface area (Å²) in [5.74, 6) is -0.191. The van der Waals surface area contributed by atoms with E-state index in [0.29, 0.717) is 39.0 Å². The molecular formula is C21H25N3O3S. The van der Waals surface area contributed by atoms with Crippen LogP contribution >= 0.6 is 0 Å². The third kappa shape index (κ3) is 3.97. The van der Waals surface area contributed by atoms with Crippen molar-refractivity contribution >= 4 is 21.8 Å². The number of hydrogen-bond donors (Lipinski definition) is 1. The second-order valence-corrected chi connectivity index (χ2v) is 9.32. The highest BCUT2D eigenvalue weighted by Crippen LogP contribution is 2.26. The van der Waals surface area contributed by atoms with Gasteiger partial charge in [0.1, 0.15) is 0 Å². The topological polar surface area (TPSA) is 69.7 Å². The van der Waals surface area contributed by atoms with Crippen molar-refractivity contribution in [2.75, 3.05) is 25.0 Å². The molecule has 2 aromatic rings. The van der Waals surface area contributed by atoms with Gasteiger partial charge in [-0.1, -0.05) is 42.5 Å². The van der Waals surface area contributed by atoms with Crippen LogP contribution in [0.1, 0.15) is 24.0 Å². The number of piperidine rings is 1. The van der Waals surface area contributed by atoms with Crippen molar-refractivity contribution in [1.29, 1.82) is 0 Å². The highest BCUT2D eigenvalue weighted by Gasteiger charge is 2.36. The van der Waals surface area contributed by atoms with Crippen molar-refractivity contribution in [3.63, 3.8) is 0 Å². The summed E-state index contributed by atoms with van der Waals surface area (Å²) < 4.78 is 29.2. The van der Waals surface area contributed by atoms with Gasteiger partial charge < -0.3 is 5.32 Å². The van der Waals surface area contributed by atoms with Gasteiger partial charge in [-0.3, -0.25) is 4.79 Å². The molecule has 7 heteroatoms. The fourth-order valence-electron chi connectivity index (χ4n) is 3.94. The summed E-state index contributed by atoms with van der Waals surface area (Å²) >= 11 is 0. The van der Waals surface area contributed by atoms with Gasteiger partial charge in [0.25, 0.3) is 10.2 Å². The molecule has 0 unspecified atom stereocenters. The second-order valence-electron chi connectivity index (χ2n) is 7.39. The van der Waals surface area contributed by atoms with Crippen molar-refractivity contribution < 1.29 is 13.2 Å². The number of hydrogen-bond acceptors (Lipinski definition) is 3. The van der Waals surface area contributed by atoms with Crippen molar-refractivity contribution in [2.45, 2.75) is 25.8 Å². The van der Waals surface area contributed by atoms with Crippen molar-refractivity contribution in [1.82, 2.24) is 8.61 Å². The van der Waals surface area contributed by atoms with E-state index in [1.165, 1.54) is 9.87 Å². The van der Waals surface area contributed by atoms with Gasteiger partial charge in [0.15, 0.2) is 0 Å². The van der Waals surface area contributed by atoms with Crippen LogP contribution in [0.5, 0.6) is 0 Å². The molecule has 0 atom stereocenters. The van der Waals surface area contributed by atoms with Crippen LogP contribution in [0.4, 0.5) is 5.69 Å². The maximum atomic E-state index is 13.1. The van der Waals surface area contributed by atoms with Gasteiger partial charge in [-0.2, -0.15) is 17.0 Å². The summed E-state index contributed by atoms with van der Waals surface area (Å²) in [5, 5.41) is 2.92. The number of carbonyl (C=O) groups excluding carboxylic acids is 1. The van der Waals surface area contributed by atoms with Gasteiger partial charge in [-0.25, -0.2) is 0 Å². The number of rotatable bonds is 4. The number of nitrogens with one attached hydrogen (secondary N) is 1. The minimum absolute atomic E-state index is 0.0323. The van der Waals surface area contributed by atoms with E-state index in [1.54, 1.807) is 4.31 Å². The predicted octanol–water partition coefficient (Wildman–Crippen LogP) is 2.64. The van der Waals surface area contributed by atoms with Crippen LogP contribution < -0.4 is 5.32 Å². The van der Waals surface area contributed by atoms with Crippen molar-refractivity contribution in [2.24, 2.45) is 5.92 Å². The largest absolute Gasteiger partial charge is 0.326 e. The van der Waals surface area contributed by atoms with E-state index in [1.807, 2.05) is 48.5 Å². The first-order chi connectivity index (χ1) is 13.5. The van der Waals surface area contributed by atoms with Crippen LogP contribution in [0.3, 0.4) is 0 Å². The summed E-state index contributed by atoms with van der Waals surface area (Å²) in [6, 6.07) is 17.4. The number of para-hydroxylation sites is 1. The number of carbonyl (C=O) groups is 1. The molecule has 1 amide bonds. The number of benzene rings is 2. The molecule has 0 spiro atoms. The van der Waals surface area contributed by atoms with E-state index in [4.69, 9.17) is 0 Å². The van der Waals surface area contributed by atoms with Gasteiger partial charge in [0.05, 0.1) is 0 Å². The van der Waals surface area contributed by atoms with Crippen LogP contribution in [-0.2, 0) is 28.0 Å². The maximum absolute atomic E-state index is 13.1. The molecule has 28 heavy (non-hydrogen) atoms. The van der Waals surface area contributed by atoms with Crippen LogP contribution in [0, 0.1) is 5.92 Å². The van der Waals surface area contributed by atoms with E-state index < -0.39 is 10.2 Å². The predicted molar refractivity (Wildman–Crippen MR) is 109 cm³/mol. The van der Waals surface area contributed by atoms with E-state index in [9.17, 15) is 13.2 Å². The average molecular weight is 400 g/mol. The van der Waals surface area contributed by atoms with Crippen LogP contribution in [0.2, 0.25) is 0 Å². The Hall–Kier alpha value is -2.22. The highest BCUT2D eigenvalue weighted by atomic mass is 32.2. The van der Waals surface area contributed by atoms with E-state index in [0.717, 1.165) is 17.7 Å². The van der Waals surface area contributed by atoms with Gasteiger partial charge in [-0.05, 0) is 42.5 Å². The first kappa shape index (κ1) is 19.1. The minimum atomic E-state index is -3.50. The molecule has 2 aliphatic rings. The third-order valence-electron chi connectivity index (χ3n) is 5.61. The Balaban J connectivity index is 1.36. The Kier molecular flexibility index (Phi) is 5.48. The molecule has 4 rings (SSSR count). The average Bonchev–Trinajstić information content (AvgIpc) is 2.74. The Morgan fingerprint density at radius 3 is 2.21 bits per heavy atom. The Morgan fingerprint density at radius 2 is 1.50 bits per heavy atom. The monoisotopic (exact) mass is 399 g/mol. The second kappa shape index (κ2) is 8.03. The van der Waals surface area contributed by atoms with E-state index >= 15 is 0 Å². The molecule has 1 N–H and O–H groups in total. The molecule has 148 valence electrons. The minimum Gasteiger partial charge on any atom is -0.326 e. The molecule has 0 radical (unpaired) electrons. The maximum Gasteiger partial charge on any atom is 0.282 e. The molecule has 2 aromatic carbocycles. The first-order valence-electron chi connectivity index (χ1n) is 9.72. The Bertz CT molecular complexity index is 938. The van der Waals surface area contributed by atoms with Crippen molar-refractivity contribution in [3.8, 4) is 0 Å². The summed E-state index contributed by atoms with van der Waals surface area (Å²) in [7, 11) is -3.50. The zero-order chi connectivity index (χ0) is 19.6. The number of amides is 1. The highest BCUT2D eigenvalue weighted by molar-refractivity contribution is 7.86. The first-order valence-corrected chi connectivity index (χ1v) is 11.1. The molecule has 0 aromatic heterocycles. The summed E-state index contributed by atoms with van der Waals surface area (Å²) in [5.41, 5.74) is 3.08. The van der Waals surface area contributed by atoms with Gasteiger partial charge in [0.2, 0.25) is 5.91 Å². The van der Waals surface area contributed by atoms with Gasteiger partial charge >= 0.3 is 0 Å². The lowest BCUT2D eigenvalue weighted by atomic mass is 9.97. The zero-order valence-electron chi connectivity index (χ0n) is 15.8. The van der Waals surface area contributed by atoms with Crippen LogP contribution in [-0.4, -0.2) is 42.6 Å². The standard InChI is InChI=1S/C21H25N3O3S/c25-21(22-20-8-2-1-3-9-20)18-11-13-23(14-12-18)28(26,27)24-15-10-17-6-4-5-7-19(17)16-24/h1-9,18H,10-16H2,(H,22,25). The van der Waals surface area contributed by atoms with Gasteiger partial charge in [-0.15, -0.1) is 0 Å². The van der Waals surface area contributed by atoms with Gasteiger partial charge in [0, 0.05) is 37.8 Å². The van der Waals surface area contributed by atoms with Crippen LogP contribution in [0.15, 0.2) is 54.6 Å². The SMILES string of the molecule is O=C(Nc1ccccc1)C1CCN(S(=O)(=O)N2CCc3ccccc3C2)CC1. The number of fused-ring (bicyclic) bond motifs is 1. The summed E-state index contributed by atoms with van der Waals surface area (Å²) in [6.07, 6.45) is 1.83. The van der Waals surface area contributed by atoms with Crippen molar-refractivity contribution in [3.05, 3.63) is 65.7 Å². The summed E-state index contributed by atoms with van der Waals surface area (Å²) in [4.78, 5) is 12.5. The van der Waals surface area contributed by atoms with E-state index in [-0.39, 0.29) is 11.8 Å². The number of nitrogens with zero attached hydrogens (tertiary/aromatic N) is 2. The third-order valence-corrected chi connectivity index (χ3v) is 7.60. The fourth-order valence-corrected chi connectivity index (χ4v) is 5.57. The van der Waals surface area contributed by atoms with Crippen LogP contribution in [0.25, 0.3) is 0 Å². The lowest BCUT2D eigenvalue weighted by Gasteiger charge is -2.36. The molecule has 1 saturated heterocycles. The molecule has 0 aliphatic carbocycles. The number of anilines is 1. The lowest BCUT2D eigenvalue weighted by Crippen LogP contribution is -2.49. The molecule has 0 saturated carbocycles. The Labute approximate surface area is 166 Å². The molecule has 0 bridgehead atoms. The lowest BCUT2D eigenvalue weighted by molar-refractivity contribution is -0.120. The normalized spacial score (nSPS) is 19.1. The van der Waals surface area contributed by atoms with E-state index in [2.05, 4.69) is 11.4 Å². The quantitative estimate of drug-likeness (QED) is 0.859. The smallest absolute Gasteiger partial charge is 0.282 e.